The lowest BCUT2D eigenvalue weighted by Gasteiger charge is -2.19. The molecule has 0 fully saturated rings. The number of nitrogens with one attached hydrogen (secondary N) is 2. The normalized spacial score (nSPS) is 12.9. The lowest BCUT2D eigenvalue weighted by molar-refractivity contribution is -0.141. The summed E-state index contributed by atoms with van der Waals surface area (Å²) in [7, 11) is 0. The number of nitrogens with two attached hydrogens (primary N) is 2. The van der Waals surface area contributed by atoms with Gasteiger partial charge in [0.05, 0.1) is 12.5 Å². The number of aromatic nitrogens is 1. The Morgan fingerprint density at radius 3 is 2.18 bits per heavy atom. The van der Waals surface area contributed by atoms with Gasteiger partial charge in [-0.15, -0.1) is 0 Å². The third-order valence-corrected chi connectivity index (χ3v) is 4.83. The number of carbonyl (C=O) groups is 3. The zero-order valence-corrected chi connectivity index (χ0v) is 17.1. The van der Waals surface area contributed by atoms with Gasteiger partial charge in [-0.05, 0) is 18.1 Å². The van der Waals surface area contributed by atoms with Crippen LogP contribution in [0.25, 0.3) is 10.9 Å². The van der Waals surface area contributed by atoms with E-state index >= 15 is 0 Å². The Labute approximate surface area is 188 Å². The van der Waals surface area contributed by atoms with E-state index in [0.29, 0.717) is 5.56 Å². The second-order valence-electron chi connectivity index (χ2n) is 7.22. The van der Waals surface area contributed by atoms with Crippen LogP contribution >= 0.6 is 0 Å². The first-order valence-corrected chi connectivity index (χ1v) is 9.63. The maximum absolute atomic E-state index is 13.8. The molecule has 2 amide bonds. The van der Waals surface area contributed by atoms with Crippen molar-refractivity contribution < 1.29 is 41.1 Å². The SMILES string of the molecule is NC(=O)C[C@@H](NC(=O)[C@H](N)Cc1c[nH]c2ccccc12)C(=O)Oc1c(F)c(F)c(F)c(F)c1F. The van der Waals surface area contributed by atoms with Gasteiger partial charge in [-0.1, -0.05) is 18.2 Å². The molecule has 0 unspecified atom stereocenters. The standard InChI is InChI=1S/C21H17F5N4O4/c22-14-15(23)17(25)19(18(26)16(14)24)34-21(33)12(6-13(28)31)30-20(32)10(27)5-8-7-29-11-4-2-1-3-9(8)11/h1-4,7,10,12,29H,5-6,27H2,(H2,28,31)(H,30,32)/t10-,12-/m1/s1. The Balaban J connectivity index is 1.77. The van der Waals surface area contributed by atoms with Crippen LogP contribution in [0.1, 0.15) is 12.0 Å². The predicted molar refractivity (Wildman–Crippen MR) is 108 cm³/mol. The molecule has 1 aromatic heterocycles. The Kier molecular flexibility index (Phi) is 7.15. The second kappa shape index (κ2) is 9.87. The van der Waals surface area contributed by atoms with Gasteiger partial charge in [0.15, 0.2) is 0 Å². The van der Waals surface area contributed by atoms with Crippen LogP contribution in [0, 0.1) is 29.1 Å². The molecule has 2 aromatic carbocycles. The second-order valence-corrected chi connectivity index (χ2v) is 7.22. The first-order valence-electron chi connectivity index (χ1n) is 9.63. The van der Waals surface area contributed by atoms with Gasteiger partial charge in [0, 0.05) is 17.1 Å². The van der Waals surface area contributed by atoms with Crippen molar-refractivity contribution in [2.75, 3.05) is 0 Å². The molecule has 13 heteroatoms. The molecule has 0 saturated carbocycles. The van der Waals surface area contributed by atoms with E-state index in [1.54, 1.807) is 30.5 Å². The molecule has 2 atom stereocenters. The number of H-pyrrole nitrogens is 1. The fraction of sp³-hybridized carbons (Fsp3) is 0.190. The summed E-state index contributed by atoms with van der Waals surface area (Å²) in [5.74, 6) is -17.7. The number of esters is 1. The minimum Gasteiger partial charge on any atom is -0.418 e. The van der Waals surface area contributed by atoms with Crippen molar-refractivity contribution in [1.82, 2.24) is 10.3 Å². The third-order valence-electron chi connectivity index (χ3n) is 4.83. The van der Waals surface area contributed by atoms with E-state index in [4.69, 9.17) is 11.5 Å². The number of fused-ring (bicyclic) bond motifs is 1. The van der Waals surface area contributed by atoms with Crippen LogP contribution in [-0.2, 0) is 20.8 Å². The van der Waals surface area contributed by atoms with Crippen LogP contribution in [0.15, 0.2) is 30.5 Å². The van der Waals surface area contributed by atoms with Crippen LogP contribution in [-0.4, -0.2) is 34.9 Å². The summed E-state index contributed by atoms with van der Waals surface area (Å²) in [5, 5.41) is 2.83. The van der Waals surface area contributed by atoms with Crippen molar-refractivity contribution in [2.24, 2.45) is 11.5 Å². The molecule has 6 N–H and O–H groups in total. The number of aromatic amines is 1. The number of halogens is 5. The summed E-state index contributed by atoms with van der Waals surface area (Å²) < 4.78 is 71.8. The summed E-state index contributed by atoms with van der Waals surface area (Å²) in [6, 6.07) is 3.96. The molecule has 34 heavy (non-hydrogen) atoms. The molecule has 0 saturated heterocycles. The van der Waals surface area contributed by atoms with Crippen molar-refractivity contribution in [3.63, 3.8) is 0 Å². The number of carbonyl (C=O) groups excluding carboxylic acids is 3. The van der Waals surface area contributed by atoms with Gasteiger partial charge in [-0.3, -0.25) is 9.59 Å². The number of primary amides is 1. The van der Waals surface area contributed by atoms with E-state index in [1.165, 1.54) is 0 Å². The number of amides is 2. The molecular formula is C21H17F5N4O4. The average molecular weight is 484 g/mol. The molecule has 180 valence electrons. The van der Waals surface area contributed by atoms with Crippen LogP contribution in [0.4, 0.5) is 22.0 Å². The number of hydrogen-bond donors (Lipinski definition) is 4. The van der Waals surface area contributed by atoms with Crippen LogP contribution in [0.5, 0.6) is 5.75 Å². The number of rotatable bonds is 8. The summed E-state index contributed by atoms with van der Waals surface area (Å²) in [4.78, 5) is 39.2. The van der Waals surface area contributed by atoms with E-state index in [0.717, 1.165) is 10.9 Å². The van der Waals surface area contributed by atoms with Crippen molar-refractivity contribution in [2.45, 2.75) is 24.9 Å². The highest BCUT2D eigenvalue weighted by Crippen LogP contribution is 2.29. The van der Waals surface area contributed by atoms with E-state index in [9.17, 15) is 36.3 Å². The summed E-state index contributed by atoms with van der Waals surface area (Å²) in [5.41, 5.74) is 12.3. The van der Waals surface area contributed by atoms with Crippen LogP contribution in [0.3, 0.4) is 0 Å². The highest BCUT2D eigenvalue weighted by molar-refractivity contribution is 5.92. The largest absolute Gasteiger partial charge is 0.418 e. The maximum atomic E-state index is 13.8. The first kappa shape index (κ1) is 24.6. The number of para-hydroxylation sites is 1. The fourth-order valence-electron chi connectivity index (χ4n) is 3.15. The van der Waals surface area contributed by atoms with Crippen molar-refractivity contribution in [3.05, 3.63) is 65.1 Å². The molecule has 0 aliphatic carbocycles. The zero-order valence-electron chi connectivity index (χ0n) is 17.1. The van der Waals surface area contributed by atoms with Crippen molar-refractivity contribution in [1.29, 1.82) is 0 Å². The monoisotopic (exact) mass is 484 g/mol. The lowest BCUT2D eigenvalue weighted by atomic mass is 10.0. The van der Waals surface area contributed by atoms with Crippen molar-refractivity contribution in [3.8, 4) is 5.75 Å². The lowest BCUT2D eigenvalue weighted by Crippen LogP contribution is -2.51. The van der Waals surface area contributed by atoms with E-state index in [2.05, 4.69) is 15.0 Å². The van der Waals surface area contributed by atoms with Gasteiger partial charge < -0.3 is 26.5 Å². The number of hydrogen-bond acceptors (Lipinski definition) is 5. The molecule has 0 aliphatic rings. The molecule has 1 heterocycles. The molecule has 0 spiro atoms. The Hall–Kier alpha value is -4.00. The van der Waals surface area contributed by atoms with Crippen LogP contribution in [0.2, 0.25) is 0 Å². The van der Waals surface area contributed by atoms with Gasteiger partial charge in [-0.25, -0.2) is 18.0 Å². The minimum atomic E-state index is -2.46. The van der Waals surface area contributed by atoms with Gasteiger partial charge in [-0.2, -0.15) is 8.78 Å². The Morgan fingerprint density at radius 2 is 1.56 bits per heavy atom. The van der Waals surface area contributed by atoms with Gasteiger partial charge in [0.1, 0.15) is 6.04 Å². The highest BCUT2D eigenvalue weighted by atomic mass is 19.2. The smallest absolute Gasteiger partial charge is 0.334 e. The Morgan fingerprint density at radius 1 is 0.971 bits per heavy atom. The fourth-order valence-corrected chi connectivity index (χ4v) is 3.15. The number of benzene rings is 2. The average Bonchev–Trinajstić information content (AvgIpc) is 3.21. The van der Waals surface area contributed by atoms with E-state index < -0.39 is 71.1 Å². The van der Waals surface area contributed by atoms with Gasteiger partial charge in [0.25, 0.3) is 0 Å². The van der Waals surface area contributed by atoms with E-state index in [1.807, 2.05) is 0 Å². The summed E-state index contributed by atoms with van der Waals surface area (Å²) in [6.45, 7) is 0. The third kappa shape index (κ3) is 4.98. The van der Waals surface area contributed by atoms with Gasteiger partial charge in [0.2, 0.25) is 46.6 Å². The Bertz CT molecular complexity index is 1250. The molecule has 0 aliphatic heterocycles. The molecule has 8 nitrogen and oxygen atoms in total. The maximum Gasteiger partial charge on any atom is 0.334 e. The molecule has 3 rings (SSSR count). The van der Waals surface area contributed by atoms with Crippen molar-refractivity contribution >= 4 is 28.7 Å². The topological polar surface area (TPSA) is 140 Å². The predicted octanol–water partition coefficient (Wildman–Crippen LogP) is 1.70. The summed E-state index contributed by atoms with van der Waals surface area (Å²) >= 11 is 0. The van der Waals surface area contributed by atoms with Crippen LogP contribution < -0.4 is 21.5 Å². The molecule has 0 radical (unpaired) electrons. The minimum absolute atomic E-state index is 0.00811. The van der Waals surface area contributed by atoms with Gasteiger partial charge >= 0.3 is 5.97 Å². The number of ether oxygens (including phenoxy) is 1. The molecule has 3 aromatic rings. The van der Waals surface area contributed by atoms with E-state index in [-0.39, 0.29) is 6.42 Å². The highest BCUT2D eigenvalue weighted by Gasteiger charge is 2.32. The molecule has 0 bridgehead atoms. The molecular weight excluding hydrogens is 467 g/mol. The quantitative estimate of drug-likeness (QED) is 0.127. The first-order chi connectivity index (χ1) is 16.0. The zero-order chi connectivity index (χ0) is 25.2. The summed E-state index contributed by atoms with van der Waals surface area (Å²) in [6.07, 6.45) is 0.710.